The Balaban J connectivity index is 0.000000771. The van der Waals surface area contributed by atoms with E-state index in [2.05, 4.69) is 0 Å². The Morgan fingerprint density at radius 2 is 1.94 bits per heavy atom. The molecule has 1 aliphatic rings. The topological polar surface area (TPSA) is 61.5 Å². The number of methoxy groups -OCH3 is 1. The van der Waals surface area contributed by atoms with Gasteiger partial charge in [-0.3, -0.25) is 0 Å². The summed E-state index contributed by atoms with van der Waals surface area (Å²) in [5.74, 6) is 0.368. The summed E-state index contributed by atoms with van der Waals surface area (Å²) in [6.45, 7) is 4.40. The van der Waals surface area contributed by atoms with Crippen molar-refractivity contribution >= 4 is 5.97 Å². The lowest BCUT2D eigenvalue weighted by molar-refractivity contribution is -0.151. The molecular formula is C14H21NO3. The van der Waals surface area contributed by atoms with Gasteiger partial charge >= 0.3 is 5.97 Å². The molecule has 0 atom stereocenters. The molecule has 0 spiro atoms. The third-order valence-corrected chi connectivity index (χ3v) is 2.76. The van der Waals surface area contributed by atoms with E-state index in [4.69, 9.17) is 15.2 Å². The SMILES string of the molecule is CC.COC(=O)C1(Oc2ccccc2CN)CC1. The van der Waals surface area contributed by atoms with E-state index in [0.717, 1.165) is 5.56 Å². The van der Waals surface area contributed by atoms with E-state index in [1.807, 2.05) is 38.1 Å². The monoisotopic (exact) mass is 251 g/mol. The Labute approximate surface area is 108 Å². The van der Waals surface area contributed by atoms with Gasteiger partial charge in [-0.15, -0.1) is 0 Å². The Kier molecular flexibility index (Phi) is 5.16. The molecule has 0 heterocycles. The fourth-order valence-corrected chi connectivity index (χ4v) is 1.63. The van der Waals surface area contributed by atoms with Gasteiger partial charge in [0.05, 0.1) is 7.11 Å². The number of carbonyl (C=O) groups excluding carboxylic acids is 1. The fraction of sp³-hybridized carbons (Fsp3) is 0.500. The lowest BCUT2D eigenvalue weighted by Gasteiger charge is -2.17. The van der Waals surface area contributed by atoms with Crippen molar-refractivity contribution < 1.29 is 14.3 Å². The Morgan fingerprint density at radius 3 is 2.44 bits per heavy atom. The number of rotatable bonds is 4. The van der Waals surface area contributed by atoms with Gasteiger partial charge in [-0.25, -0.2) is 4.79 Å². The van der Waals surface area contributed by atoms with E-state index in [9.17, 15) is 4.79 Å². The number of ether oxygens (including phenoxy) is 2. The van der Waals surface area contributed by atoms with Crippen LogP contribution in [0.5, 0.6) is 5.75 Å². The molecule has 2 N–H and O–H groups in total. The Bertz CT molecular complexity index is 400. The minimum absolute atomic E-state index is 0.306. The van der Waals surface area contributed by atoms with Crippen molar-refractivity contribution in [3.8, 4) is 5.75 Å². The maximum atomic E-state index is 11.5. The first-order valence-corrected chi connectivity index (χ1v) is 6.27. The molecule has 4 nitrogen and oxygen atoms in total. The first-order valence-electron chi connectivity index (χ1n) is 6.27. The predicted octanol–water partition coefficient (Wildman–Crippen LogP) is 2.26. The molecule has 0 amide bonds. The second kappa shape index (κ2) is 6.40. The Morgan fingerprint density at radius 1 is 1.33 bits per heavy atom. The molecule has 0 aromatic heterocycles. The van der Waals surface area contributed by atoms with Gasteiger partial charge in [-0.2, -0.15) is 0 Å². The highest BCUT2D eigenvalue weighted by atomic mass is 16.6. The normalized spacial score (nSPS) is 15.1. The van der Waals surface area contributed by atoms with Gasteiger partial charge in [0, 0.05) is 24.9 Å². The molecule has 0 radical (unpaired) electrons. The third kappa shape index (κ3) is 3.01. The van der Waals surface area contributed by atoms with E-state index < -0.39 is 5.60 Å². The molecule has 2 rings (SSSR count). The first-order chi connectivity index (χ1) is 8.72. The molecule has 1 aliphatic carbocycles. The van der Waals surface area contributed by atoms with Crippen molar-refractivity contribution in [3.63, 3.8) is 0 Å². The summed E-state index contributed by atoms with van der Waals surface area (Å²) in [6, 6.07) is 7.47. The zero-order chi connectivity index (χ0) is 13.6. The van der Waals surface area contributed by atoms with E-state index in [-0.39, 0.29) is 5.97 Å². The number of esters is 1. The first kappa shape index (κ1) is 14.5. The van der Waals surface area contributed by atoms with Crippen molar-refractivity contribution in [2.75, 3.05) is 7.11 Å². The van der Waals surface area contributed by atoms with Gasteiger partial charge in [0.1, 0.15) is 5.75 Å². The maximum absolute atomic E-state index is 11.5. The Hall–Kier alpha value is -1.55. The van der Waals surface area contributed by atoms with Crippen LogP contribution in [0.4, 0.5) is 0 Å². The highest BCUT2D eigenvalue weighted by Crippen LogP contribution is 2.42. The molecule has 0 saturated heterocycles. The molecule has 1 fully saturated rings. The minimum atomic E-state index is -0.764. The van der Waals surface area contributed by atoms with E-state index >= 15 is 0 Å². The van der Waals surface area contributed by atoms with Crippen molar-refractivity contribution in [3.05, 3.63) is 29.8 Å². The summed E-state index contributed by atoms with van der Waals surface area (Å²) >= 11 is 0. The predicted molar refractivity (Wildman–Crippen MR) is 70.3 cm³/mol. The summed E-state index contributed by atoms with van der Waals surface area (Å²) in [5.41, 5.74) is 5.74. The second-order valence-corrected chi connectivity index (χ2v) is 3.90. The molecule has 0 unspecified atom stereocenters. The molecule has 0 aliphatic heterocycles. The number of hydrogen-bond donors (Lipinski definition) is 1. The van der Waals surface area contributed by atoms with Crippen LogP contribution in [-0.4, -0.2) is 18.7 Å². The number of para-hydroxylation sites is 1. The average molecular weight is 251 g/mol. The zero-order valence-corrected chi connectivity index (χ0v) is 11.2. The highest BCUT2D eigenvalue weighted by Gasteiger charge is 2.54. The van der Waals surface area contributed by atoms with Crippen molar-refractivity contribution in [2.24, 2.45) is 5.73 Å². The molecule has 1 saturated carbocycles. The molecular weight excluding hydrogens is 230 g/mol. The van der Waals surface area contributed by atoms with Gasteiger partial charge in [-0.05, 0) is 6.07 Å². The van der Waals surface area contributed by atoms with Gasteiger partial charge in [0.25, 0.3) is 0 Å². The van der Waals surface area contributed by atoms with Crippen LogP contribution in [0, 0.1) is 0 Å². The number of benzene rings is 1. The summed E-state index contributed by atoms with van der Waals surface area (Å²) < 4.78 is 10.5. The standard InChI is InChI=1S/C12H15NO3.C2H6/c1-15-11(14)12(6-7-12)16-10-5-3-2-4-9(10)8-13;1-2/h2-5H,6-8,13H2,1H3;1-2H3. The highest BCUT2D eigenvalue weighted by molar-refractivity contribution is 5.83. The van der Waals surface area contributed by atoms with E-state index in [1.165, 1.54) is 7.11 Å². The average Bonchev–Trinajstić information content (AvgIpc) is 3.21. The van der Waals surface area contributed by atoms with E-state index in [0.29, 0.717) is 25.1 Å². The molecule has 1 aromatic rings. The number of hydrogen-bond acceptors (Lipinski definition) is 4. The van der Waals surface area contributed by atoms with Crippen LogP contribution in [0.1, 0.15) is 32.3 Å². The van der Waals surface area contributed by atoms with Gasteiger partial charge in [-0.1, -0.05) is 32.0 Å². The molecule has 1 aromatic carbocycles. The maximum Gasteiger partial charge on any atom is 0.350 e. The van der Waals surface area contributed by atoms with Crippen molar-refractivity contribution in [1.29, 1.82) is 0 Å². The van der Waals surface area contributed by atoms with Gasteiger partial charge in [0.15, 0.2) is 0 Å². The smallest absolute Gasteiger partial charge is 0.350 e. The van der Waals surface area contributed by atoms with Crippen LogP contribution in [0.25, 0.3) is 0 Å². The second-order valence-electron chi connectivity index (χ2n) is 3.90. The summed E-state index contributed by atoms with van der Waals surface area (Å²) in [5, 5.41) is 0. The zero-order valence-electron chi connectivity index (χ0n) is 11.2. The molecule has 4 heteroatoms. The van der Waals surface area contributed by atoms with Gasteiger partial charge in [0.2, 0.25) is 5.60 Å². The number of carbonyl (C=O) groups is 1. The molecule has 18 heavy (non-hydrogen) atoms. The minimum Gasteiger partial charge on any atom is -0.475 e. The van der Waals surface area contributed by atoms with Crippen molar-refractivity contribution in [1.82, 2.24) is 0 Å². The molecule has 100 valence electrons. The fourth-order valence-electron chi connectivity index (χ4n) is 1.63. The summed E-state index contributed by atoms with van der Waals surface area (Å²) in [6.07, 6.45) is 1.41. The lowest BCUT2D eigenvalue weighted by atomic mass is 10.2. The van der Waals surface area contributed by atoms with Crippen LogP contribution in [-0.2, 0) is 16.1 Å². The summed E-state index contributed by atoms with van der Waals surface area (Å²) in [4.78, 5) is 11.5. The van der Waals surface area contributed by atoms with Crippen LogP contribution < -0.4 is 10.5 Å². The van der Waals surface area contributed by atoms with Crippen molar-refractivity contribution in [2.45, 2.75) is 38.8 Å². The van der Waals surface area contributed by atoms with Crippen LogP contribution >= 0.6 is 0 Å². The third-order valence-electron chi connectivity index (χ3n) is 2.76. The lowest BCUT2D eigenvalue weighted by Crippen LogP contribution is -2.31. The quantitative estimate of drug-likeness (QED) is 0.834. The largest absolute Gasteiger partial charge is 0.475 e. The van der Waals surface area contributed by atoms with Gasteiger partial charge < -0.3 is 15.2 Å². The van der Waals surface area contributed by atoms with Crippen LogP contribution in [0.3, 0.4) is 0 Å². The van der Waals surface area contributed by atoms with Crippen LogP contribution in [0.2, 0.25) is 0 Å². The molecule has 0 bridgehead atoms. The van der Waals surface area contributed by atoms with Crippen LogP contribution in [0.15, 0.2) is 24.3 Å². The number of nitrogens with two attached hydrogens (primary N) is 1. The summed E-state index contributed by atoms with van der Waals surface area (Å²) in [7, 11) is 1.38. The van der Waals surface area contributed by atoms with E-state index in [1.54, 1.807) is 0 Å².